The van der Waals surface area contributed by atoms with E-state index in [9.17, 15) is 19.6 Å². The third-order valence-electron chi connectivity index (χ3n) is 10.8. The Morgan fingerprint density at radius 3 is 2.46 bits per heavy atom. The van der Waals surface area contributed by atoms with E-state index in [1.54, 1.807) is 14.0 Å². The topological polar surface area (TPSA) is 140 Å². The summed E-state index contributed by atoms with van der Waals surface area (Å²) in [5, 5.41) is 14.1. The van der Waals surface area contributed by atoms with Crippen LogP contribution in [-0.4, -0.2) is 79.1 Å². The van der Waals surface area contributed by atoms with Crippen molar-refractivity contribution >= 4 is 29.4 Å². The third kappa shape index (κ3) is 6.00. The lowest BCUT2D eigenvalue weighted by Gasteiger charge is -2.60. The molecule has 0 aromatic heterocycles. The van der Waals surface area contributed by atoms with Crippen molar-refractivity contribution in [1.82, 2.24) is 15.1 Å². The summed E-state index contributed by atoms with van der Waals surface area (Å²) in [6.07, 6.45) is 1.67. The van der Waals surface area contributed by atoms with Gasteiger partial charge in [-0.05, 0) is 56.8 Å². The van der Waals surface area contributed by atoms with Crippen LogP contribution in [0.25, 0.3) is 0 Å². The van der Waals surface area contributed by atoms with E-state index in [0.29, 0.717) is 64.7 Å². The molecule has 2 bridgehead atoms. The van der Waals surface area contributed by atoms with Gasteiger partial charge in [-0.25, -0.2) is 0 Å². The van der Waals surface area contributed by atoms with Gasteiger partial charge in [0.15, 0.2) is 23.0 Å². The normalized spacial score (nSPS) is 22.7. The number of nitrogens with one attached hydrogen (secondary N) is 1. The first-order valence-electron chi connectivity index (χ1n) is 17.4. The average Bonchev–Trinajstić information content (AvgIpc) is 3.62. The SMILES string of the molecule is COc1c(C)cc2c(c1OC(C)=O)C1C3Cc4c(OC(=O)CCl)c(C)c5c(c4[C@H](CNC(=O)CCc4ccccc4)N3[C@@H](C#N)C(C2)N1C)OCO5. The van der Waals surface area contributed by atoms with Crippen molar-refractivity contribution in [3.63, 3.8) is 0 Å². The fraction of sp³-hybridized carbons (Fsp3) is 0.436. The molecule has 1 fully saturated rings. The number of piperazine rings is 1. The van der Waals surface area contributed by atoms with E-state index < -0.39 is 36.1 Å². The molecule has 7 rings (SSSR count). The third-order valence-corrected chi connectivity index (χ3v) is 11.0. The number of halogens is 1. The van der Waals surface area contributed by atoms with Crippen molar-refractivity contribution in [2.45, 2.75) is 76.7 Å². The van der Waals surface area contributed by atoms with Gasteiger partial charge in [0, 0.05) is 54.2 Å². The highest BCUT2D eigenvalue weighted by atomic mass is 35.5. The minimum atomic E-state index is -0.630. The number of rotatable bonds is 9. The van der Waals surface area contributed by atoms with Crippen LogP contribution in [0.3, 0.4) is 0 Å². The van der Waals surface area contributed by atoms with Crippen molar-refractivity contribution in [1.29, 1.82) is 5.26 Å². The van der Waals surface area contributed by atoms with Crippen molar-refractivity contribution < 1.29 is 38.1 Å². The number of hydrogen-bond acceptors (Lipinski definition) is 11. The zero-order valence-electron chi connectivity index (χ0n) is 29.8. The second-order valence-corrected chi connectivity index (χ2v) is 14.0. The molecule has 4 aliphatic heterocycles. The highest BCUT2D eigenvalue weighted by Crippen LogP contribution is 2.58. The van der Waals surface area contributed by atoms with Gasteiger partial charge in [-0.3, -0.25) is 24.2 Å². The second kappa shape index (κ2) is 14.3. The van der Waals surface area contributed by atoms with Gasteiger partial charge in [0.2, 0.25) is 12.7 Å². The number of aryl methyl sites for hydroxylation is 2. The monoisotopic (exact) mass is 728 g/mol. The fourth-order valence-electron chi connectivity index (χ4n) is 8.73. The first kappa shape index (κ1) is 35.6. The zero-order chi connectivity index (χ0) is 36.8. The van der Waals surface area contributed by atoms with Crippen LogP contribution in [-0.2, 0) is 33.6 Å². The first-order chi connectivity index (χ1) is 25.1. The van der Waals surface area contributed by atoms with Crippen molar-refractivity contribution in [3.05, 3.63) is 75.3 Å². The summed E-state index contributed by atoms with van der Waals surface area (Å²) in [5.74, 6) is 0.457. The molecule has 4 aliphatic rings. The molecular weight excluding hydrogens is 688 g/mol. The minimum Gasteiger partial charge on any atom is -0.493 e. The Bertz CT molecular complexity index is 1980. The van der Waals surface area contributed by atoms with Gasteiger partial charge in [0.05, 0.1) is 25.3 Å². The summed E-state index contributed by atoms with van der Waals surface area (Å²) in [6.45, 7) is 5.17. The number of hydrogen-bond donors (Lipinski definition) is 1. The molecular formula is C39H41ClN4O8. The summed E-state index contributed by atoms with van der Waals surface area (Å²) in [7, 11) is 3.53. The van der Waals surface area contributed by atoms with E-state index in [2.05, 4.69) is 27.3 Å². The number of carbonyl (C=O) groups is 3. The van der Waals surface area contributed by atoms with E-state index in [-0.39, 0.29) is 37.6 Å². The highest BCUT2D eigenvalue weighted by Gasteiger charge is 2.57. The van der Waals surface area contributed by atoms with Crippen LogP contribution in [0.4, 0.5) is 0 Å². The Kier molecular flexibility index (Phi) is 9.78. The number of nitrogens with zero attached hydrogens (tertiary/aromatic N) is 3. The molecule has 3 aromatic rings. The molecule has 0 saturated carbocycles. The molecule has 13 heteroatoms. The molecule has 1 N–H and O–H groups in total. The summed E-state index contributed by atoms with van der Waals surface area (Å²) >= 11 is 5.95. The van der Waals surface area contributed by atoms with Crippen LogP contribution in [0.5, 0.6) is 28.7 Å². The smallest absolute Gasteiger partial charge is 0.326 e. The Morgan fingerprint density at radius 2 is 1.77 bits per heavy atom. The fourth-order valence-corrected chi connectivity index (χ4v) is 8.79. The molecule has 3 aromatic carbocycles. The van der Waals surface area contributed by atoms with Crippen LogP contribution in [0, 0.1) is 25.2 Å². The van der Waals surface area contributed by atoms with Crippen LogP contribution in [0.15, 0.2) is 36.4 Å². The minimum absolute atomic E-state index is 0.0387. The maximum absolute atomic E-state index is 13.5. The van der Waals surface area contributed by atoms with Crippen molar-refractivity contribution in [3.8, 4) is 34.8 Å². The lowest BCUT2D eigenvalue weighted by molar-refractivity contribution is -0.132. The molecule has 1 saturated heterocycles. The number of amides is 1. The molecule has 12 nitrogen and oxygen atoms in total. The quantitative estimate of drug-likeness (QED) is 0.187. The van der Waals surface area contributed by atoms with E-state index in [1.165, 1.54) is 6.92 Å². The highest BCUT2D eigenvalue weighted by molar-refractivity contribution is 6.26. The van der Waals surface area contributed by atoms with Crippen LogP contribution in [0.2, 0.25) is 0 Å². The number of carbonyl (C=O) groups excluding carboxylic acids is 3. The van der Waals surface area contributed by atoms with E-state index in [1.807, 2.05) is 44.3 Å². The summed E-state index contributed by atoms with van der Waals surface area (Å²) in [5.41, 5.74) is 5.62. The predicted molar refractivity (Wildman–Crippen MR) is 190 cm³/mol. The van der Waals surface area contributed by atoms with Gasteiger partial charge in [-0.15, -0.1) is 11.6 Å². The maximum atomic E-state index is 13.5. The lowest BCUT2D eigenvalue weighted by Crippen LogP contribution is -2.68. The summed E-state index contributed by atoms with van der Waals surface area (Å²) in [6, 6.07) is 12.2. The van der Waals surface area contributed by atoms with Crippen LogP contribution in [0.1, 0.15) is 64.4 Å². The molecule has 3 unspecified atom stereocenters. The van der Waals surface area contributed by atoms with Gasteiger partial charge in [0.25, 0.3) is 0 Å². The van der Waals surface area contributed by atoms with E-state index >= 15 is 0 Å². The Labute approximate surface area is 307 Å². The average molecular weight is 729 g/mol. The Balaban J connectivity index is 1.40. The second-order valence-electron chi connectivity index (χ2n) is 13.7. The van der Waals surface area contributed by atoms with Crippen molar-refractivity contribution in [2.75, 3.05) is 33.4 Å². The van der Waals surface area contributed by atoms with Gasteiger partial charge in [-0.2, -0.15) is 5.26 Å². The first-order valence-corrected chi connectivity index (χ1v) is 17.9. The molecule has 272 valence electrons. The van der Waals surface area contributed by atoms with Gasteiger partial charge >= 0.3 is 11.9 Å². The van der Waals surface area contributed by atoms with Gasteiger partial charge in [-0.1, -0.05) is 36.4 Å². The number of esters is 2. The number of nitriles is 1. The Morgan fingerprint density at radius 1 is 1.02 bits per heavy atom. The standard InChI is InChI=1S/C39H41ClN4O8/c1-20-13-24-14-26-28(17-41)44-27(34(43(26)4)32(24)39(35(20)48-5)51-22(3)45)15-25-33(29(44)18-42-30(46)12-11-23-9-7-6-8-10-23)38-37(49-19-50-38)21(2)36(25)52-31(47)16-40/h6-10,13,26-29,34H,11-12,14-16,18-19H2,1-5H3,(H,42,46)/t26?,27?,28-,29-,34?/m0/s1. The molecule has 0 aliphatic carbocycles. The van der Waals surface area contributed by atoms with Gasteiger partial charge in [0.1, 0.15) is 17.7 Å². The number of likely N-dealkylation sites (N-methyl/N-ethyl adjacent to an activating group) is 1. The summed E-state index contributed by atoms with van der Waals surface area (Å²) in [4.78, 5) is 43.2. The molecule has 4 heterocycles. The van der Waals surface area contributed by atoms with Gasteiger partial charge < -0.3 is 29.0 Å². The number of alkyl halides is 1. The molecule has 0 radical (unpaired) electrons. The van der Waals surface area contributed by atoms with Crippen LogP contribution >= 0.6 is 11.6 Å². The molecule has 0 spiro atoms. The Hall–Kier alpha value is -4.83. The maximum Gasteiger partial charge on any atom is 0.326 e. The zero-order valence-corrected chi connectivity index (χ0v) is 30.5. The van der Waals surface area contributed by atoms with E-state index in [4.69, 9.17) is 35.3 Å². The molecule has 1 amide bonds. The largest absolute Gasteiger partial charge is 0.493 e. The summed E-state index contributed by atoms with van der Waals surface area (Å²) < 4.78 is 29.8. The lowest BCUT2D eigenvalue weighted by atomic mass is 9.71. The van der Waals surface area contributed by atoms with Crippen molar-refractivity contribution in [2.24, 2.45) is 0 Å². The number of benzene rings is 3. The number of methoxy groups -OCH3 is 1. The van der Waals surface area contributed by atoms with E-state index in [0.717, 1.165) is 22.3 Å². The molecule has 5 atom stereocenters. The predicted octanol–water partition coefficient (Wildman–Crippen LogP) is 4.63. The van der Waals surface area contributed by atoms with Crippen LogP contribution < -0.4 is 29.0 Å². The number of ether oxygens (including phenoxy) is 5. The molecule has 52 heavy (non-hydrogen) atoms. The number of fused-ring (bicyclic) bond motifs is 9.